The first kappa shape index (κ1) is 25.1. The van der Waals surface area contributed by atoms with Crippen molar-refractivity contribution in [3.63, 3.8) is 0 Å². The number of aliphatic carboxylic acids is 1. The van der Waals surface area contributed by atoms with Crippen molar-refractivity contribution in [2.75, 3.05) is 0 Å². The molecular weight excluding hydrogens is 456 g/mol. The lowest BCUT2D eigenvalue weighted by Gasteiger charge is -2.39. The van der Waals surface area contributed by atoms with Crippen molar-refractivity contribution < 1.29 is 44.2 Å². The summed E-state index contributed by atoms with van der Waals surface area (Å²) < 4.78 is 16.0. The number of carboxylic acids is 1. The minimum atomic E-state index is -1.88. The van der Waals surface area contributed by atoms with Gasteiger partial charge in [0.25, 0.3) is 0 Å². The number of ether oxygens (including phenoxy) is 3. The molecule has 0 radical (unpaired) electrons. The van der Waals surface area contributed by atoms with E-state index >= 15 is 0 Å². The molecule has 1 heterocycles. The third-order valence-corrected chi connectivity index (χ3v) is 6.55. The molecule has 188 valence electrons. The van der Waals surface area contributed by atoms with E-state index in [-0.39, 0.29) is 0 Å². The van der Waals surface area contributed by atoms with Crippen LogP contribution in [0.3, 0.4) is 0 Å². The lowest BCUT2D eigenvalue weighted by Crippen LogP contribution is -2.61. The molecule has 4 rings (SSSR count). The van der Waals surface area contributed by atoms with Crippen molar-refractivity contribution in [1.29, 1.82) is 0 Å². The fourth-order valence-electron chi connectivity index (χ4n) is 4.60. The lowest BCUT2D eigenvalue weighted by atomic mass is 9.79. The molecule has 2 aromatic rings. The molecule has 0 aromatic heterocycles. The van der Waals surface area contributed by atoms with Crippen LogP contribution in [0.1, 0.15) is 49.3 Å². The standard InChI is InChI=1S/C26H30O9/c1-26(2,25(32)34-24-21(29)19(27)20(28)22(33-24)23(30)31)35-16-12-10-15(11-13-16)18-9-5-7-14-6-3-4-8-17(14)18/h3-4,6,8,10-13,18-22,24,27-29H,5,7,9H2,1-2H3,(H,30,31)/t18?,19-,20-,21+,22-,24-/m0/s1. The van der Waals surface area contributed by atoms with Gasteiger partial charge in [-0.3, -0.25) is 0 Å². The predicted molar refractivity (Wildman–Crippen MR) is 123 cm³/mol. The normalized spacial score (nSPS) is 28.6. The molecule has 0 spiro atoms. The summed E-state index contributed by atoms with van der Waals surface area (Å²) in [6.07, 6.45) is -6.00. The van der Waals surface area contributed by atoms with Crippen LogP contribution in [-0.2, 0) is 25.5 Å². The van der Waals surface area contributed by atoms with Gasteiger partial charge in [-0.1, -0.05) is 36.4 Å². The van der Waals surface area contributed by atoms with E-state index in [4.69, 9.17) is 19.3 Å². The zero-order valence-electron chi connectivity index (χ0n) is 19.5. The average molecular weight is 487 g/mol. The van der Waals surface area contributed by atoms with Crippen LogP contribution in [0.5, 0.6) is 5.75 Å². The number of esters is 1. The number of hydrogen-bond donors (Lipinski definition) is 4. The van der Waals surface area contributed by atoms with Crippen LogP contribution in [0.4, 0.5) is 0 Å². The largest absolute Gasteiger partial charge is 0.479 e. The van der Waals surface area contributed by atoms with Gasteiger partial charge < -0.3 is 34.6 Å². The molecule has 2 aromatic carbocycles. The van der Waals surface area contributed by atoms with Gasteiger partial charge in [0, 0.05) is 5.92 Å². The maximum absolute atomic E-state index is 12.8. The number of carbonyl (C=O) groups is 2. The Labute approximate surface area is 202 Å². The van der Waals surface area contributed by atoms with Crippen LogP contribution in [0.25, 0.3) is 0 Å². The first-order valence-corrected chi connectivity index (χ1v) is 11.6. The fraction of sp³-hybridized carbons (Fsp3) is 0.462. The fourth-order valence-corrected chi connectivity index (χ4v) is 4.60. The number of benzene rings is 2. The number of fused-ring (bicyclic) bond motifs is 1. The highest BCUT2D eigenvalue weighted by Crippen LogP contribution is 2.37. The van der Waals surface area contributed by atoms with E-state index in [1.165, 1.54) is 25.0 Å². The molecule has 0 amide bonds. The Bertz CT molecular complexity index is 1060. The molecule has 35 heavy (non-hydrogen) atoms. The van der Waals surface area contributed by atoms with E-state index in [9.17, 15) is 24.9 Å². The van der Waals surface area contributed by atoms with E-state index < -0.39 is 48.2 Å². The molecule has 1 fully saturated rings. The molecule has 1 saturated heterocycles. The predicted octanol–water partition coefficient (Wildman–Crippen LogP) is 1.75. The molecule has 1 aliphatic heterocycles. The molecule has 1 aliphatic carbocycles. The summed E-state index contributed by atoms with van der Waals surface area (Å²) in [4.78, 5) is 24.0. The topological polar surface area (TPSA) is 143 Å². The Morgan fingerprint density at radius 2 is 1.66 bits per heavy atom. The van der Waals surface area contributed by atoms with E-state index in [0.29, 0.717) is 11.7 Å². The smallest absolute Gasteiger partial charge is 0.352 e. The summed E-state index contributed by atoms with van der Waals surface area (Å²) in [6.45, 7) is 2.91. The SMILES string of the molecule is CC(C)(Oc1ccc(C2CCCc3ccccc32)cc1)C(=O)O[C@@H]1O[C@H](C(=O)O)[C@@H](O)[C@H](O)[C@H]1O. The van der Waals surface area contributed by atoms with Crippen molar-refractivity contribution in [2.45, 2.75) is 75.3 Å². The Balaban J connectivity index is 1.43. The molecule has 2 aliphatic rings. The van der Waals surface area contributed by atoms with Gasteiger partial charge >= 0.3 is 11.9 Å². The van der Waals surface area contributed by atoms with Crippen LogP contribution in [0.2, 0.25) is 0 Å². The zero-order valence-corrected chi connectivity index (χ0v) is 19.5. The van der Waals surface area contributed by atoms with Crippen LogP contribution in [0.15, 0.2) is 48.5 Å². The van der Waals surface area contributed by atoms with Crippen molar-refractivity contribution in [1.82, 2.24) is 0 Å². The van der Waals surface area contributed by atoms with Gasteiger partial charge in [0.15, 0.2) is 11.7 Å². The summed E-state index contributed by atoms with van der Waals surface area (Å²) in [7, 11) is 0. The zero-order chi connectivity index (χ0) is 25.3. The summed E-state index contributed by atoms with van der Waals surface area (Å²) in [5, 5.41) is 38.9. The molecular formula is C26H30O9. The van der Waals surface area contributed by atoms with E-state index in [0.717, 1.165) is 24.8 Å². The third kappa shape index (κ3) is 5.18. The monoisotopic (exact) mass is 486 g/mol. The number of carboxylic acid groups (broad SMARTS) is 1. The molecule has 4 N–H and O–H groups in total. The lowest BCUT2D eigenvalue weighted by molar-refractivity contribution is -0.289. The quantitative estimate of drug-likeness (QED) is 0.449. The van der Waals surface area contributed by atoms with Crippen LogP contribution in [-0.4, -0.2) is 68.7 Å². The Hall–Kier alpha value is -2.98. The van der Waals surface area contributed by atoms with E-state index in [1.54, 1.807) is 12.1 Å². The van der Waals surface area contributed by atoms with Crippen LogP contribution >= 0.6 is 0 Å². The van der Waals surface area contributed by atoms with E-state index in [1.807, 2.05) is 18.2 Å². The van der Waals surface area contributed by atoms with Crippen molar-refractivity contribution in [2.24, 2.45) is 0 Å². The summed E-state index contributed by atoms with van der Waals surface area (Å²) >= 11 is 0. The molecule has 0 saturated carbocycles. The Kier molecular flexibility index (Phi) is 7.14. The maximum Gasteiger partial charge on any atom is 0.352 e. The molecule has 6 atom stereocenters. The average Bonchev–Trinajstić information content (AvgIpc) is 2.84. The maximum atomic E-state index is 12.8. The summed E-state index contributed by atoms with van der Waals surface area (Å²) in [5.74, 6) is -1.80. The molecule has 1 unspecified atom stereocenters. The number of carbonyl (C=O) groups excluding carboxylic acids is 1. The number of aryl methyl sites for hydroxylation is 1. The highest BCUT2D eigenvalue weighted by atomic mass is 16.7. The number of hydrogen-bond acceptors (Lipinski definition) is 8. The summed E-state index contributed by atoms with van der Waals surface area (Å²) in [6, 6.07) is 15.9. The second-order valence-corrected chi connectivity index (χ2v) is 9.47. The number of aliphatic hydroxyl groups excluding tert-OH is 3. The highest BCUT2D eigenvalue weighted by Gasteiger charge is 2.49. The first-order chi connectivity index (χ1) is 16.6. The van der Waals surface area contributed by atoms with Gasteiger partial charge in [0.2, 0.25) is 6.29 Å². The second kappa shape index (κ2) is 9.94. The minimum Gasteiger partial charge on any atom is -0.479 e. The highest BCUT2D eigenvalue weighted by molar-refractivity contribution is 5.79. The van der Waals surface area contributed by atoms with Gasteiger partial charge in [-0.05, 0) is 61.9 Å². The van der Waals surface area contributed by atoms with Gasteiger partial charge in [-0.15, -0.1) is 0 Å². The van der Waals surface area contributed by atoms with Gasteiger partial charge in [0.1, 0.15) is 24.1 Å². The van der Waals surface area contributed by atoms with Gasteiger partial charge in [0.05, 0.1) is 0 Å². The Morgan fingerprint density at radius 1 is 0.971 bits per heavy atom. The number of aliphatic hydroxyl groups is 3. The van der Waals surface area contributed by atoms with Crippen molar-refractivity contribution in [3.8, 4) is 5.75 Å². The van der Waals surface area contributed by atoms with Crippen molar-refractivity contribution in [3.05, 3.63) is 65.2 Å². The summed E-state index contributed by atoms with van der Waals surface area (Å²) in [5.41, 5.74) is 2.31. The second-order valence-electron chi connectivity index (χ2n) is 9.47. The Morgan fingerprint density at radius 3 is 2.34 bits per heavy atom. The third-order valence-electron chi connectivity index (χ3n) is 6.55. The van der Waals surface area contributed by atoms with Crippen LogP contribution in [0, 0.1) is 0 Å². The minimum absolute atomic E-state index is 0.292. The molecule has 9 heteroatoms. The van der Waals surface area contributed by atoms with E-state index in [2.05, 4.69) is 18.2 Å². The number of rotatable bonds is 6. The van der Waals surface area contributed by atoms with Gasteiger partial charge in [-0.25, -0.2) is 9.59 Å². The van der Waals surface area contributed by atoms with Gasteiger partial charge in [-0.2, -0.15) is 0 Å². The molecule has 0 bridgehead atoms. The van der Waals surface area contributed by atoms with Crippen molar-refractivity contribution >= 4 is 11.9 Å². The van der Waals surface area contributed by atoms with Crippen LogP contribution < -0.4 is 4.74 Å². The molecule has 9 nitrogen and oxygen atoms in total. The first-order valence-electron chi connectivity index (χ1n) is 11.6.